The Hall–Kier alpha value is -1.73. The Morgan fingerprint density at radius 3 is 2.62 bits per heavy atom. The minimum Gasteiger partial charge on any atom is -0.444 e. The summed E-state index contributed by atoms with van der Waals surface area (Å²) in [4.78, 5) is 13.1. The number of cyclic esters (lactones) is 1. The van der Waals surface area contributed by atoms with Crippen LogP contribution in [0.5, 0.6) is 0 Å². The van der Waals surface area contributed by atoms with E-state index in [4.69, 9.17) is 27.9 Å². The molecule has 1 fully saturated rings. The smallest absolute Gasteiger partial charge is 0.407 e. The standard InChI is InChI=1S/C26H23BrCl2FNO2S/c27-18-3-1-2-16(12-18)13-24-25(33-26(32)31-24)15-22(34-21-10-7-20(30)8-11-21)9-5-17-4-6-19(28)14-23(17)29/h1-4,6-8,10-12,14,22,24-25H,5,9,13,15H2,(H,31,32)/t22-,24-,25+/m0/s1. The summed E-state index contributed by atoms with van der Waals surface area (Å²) in [5.74, 6) is -0.267. The largest absolute Gasteiger partial charge is 0.444 e. The number of carbonyl (C=O) groups is 1. The van der Waals surface area contributed by atoms with Gasteiger partial charge >= 0.3 is 6.09 Å². The zero-order chi connectivity index (χ0) is 24.1. The topological polar surface area (TPSA) is 38.3 Å². The summed E-state index contributed by atoms with van der Waals surface area (Å²) < 4.78 is 20.1. The fourth-order valence-electron chi connectivity index (χ4n) is 4.04. The van der Waals surface area contributed by atoms with Gasteiger partial charge in [0.15, 0.2) is 0 Å². The van der Waals surface area contributed by atoms with Crippen LogP contribution in [0.4, 0.5) is 9.18 Å². The summed E-state index contributed by atoms with van der Waals surface area (Å²) in [6, 6.07) is 19.9. The van der Waals surface area contributed by atoms with Gasteiger partial charge in [0.25, 0.3) is 0 Å². The molecule has 1 heterocycles. The van der Waals surface area contributed by atoms with Crippen molar-refractivity contribution in [3.05, 3.63) is 98.2 Å². The Labute approximate surface area is 221 Å². The molecule has 8 heteroatoms. The first kappa shape index (κ1) is 25.4. The van der Waals surface area contributed by atoms with E-state index in [1.807, 2.05) is 30.3 Å². The van der Waals surface area contributed by atoms with Crippen molar-refractivity contribution in [3.63, 3.8) is 0 Å². The molecule has 4 rings (SSSR count). The van der Waals surface area contributed by atoms with E-state index in [0.717, 1.165) is 33.3 Å². The van der Waals surface area contributed by atoms with Gasteiger partial charge in [0, 0.05) is 24.7 Å². The first-order valence-corrected chi connectivity index (χ1v) is 13.4. The summed E-state index contributed by atoms with van der Waals surface area (Å²) in [5, 5.41) is 4.33. The predicted octanol–water partition coefficient (Wildman–Crippen LogP) is 8.10. The Morgan fingerprint density at radius 1 is 1.09 bits per heavy atom. The van der Waals surface area contributed by atoms with Gasteiger partial charge in [0.05, 0.1) is 6.04 Å². The number of hydrogen-bond donors (Lipinski definition) is 1. The lowest BCUT2D eigenvalue weighted by molar-refractivity contribution is 0.125. The number of carbonyl (C=O) groups excluding carboxylic acids is 1. The van der Waals surface area contributed by atoms with Crippen molar-refractivity contribution in [2.24, 2.45) is 0 Å². The van der Waals surface area contributed by atoms with Crippen molar-refractivity contribution in [1.29, 1.82) is 0 Å². The fraction of sp³-hybridized carbons (Fsp3) is 0.269. The molecule has 1 N–H and O–H groups in total. The highest BCUT2D eigenvalue weighted by atomic mass is 79.9. The summed E-state index contributed by atoms with van der Waals surface area (Å²) in [6.45, 7) is 0. The second kappa shape index (κ2) is 11.8. The van der Waals surface area contributed by atoms with Crippen LogP contribution < -0.4 is 5.32 Å². The van der Waals surface area contributed by atoms with Gasteiger partial charge in [-0.05, 0) is 85.3 Å². The molecule has 1 aliphatic rings. The highest BCUT2D eigenvalue weighted by Crippen LogP contribution is 2.33. The second-order valence-corrected chi connectivity index (χ2v) is 11.4. The molecule has 3 atom stereocenters. The van der Waals surface area contributed by atoms with Gasteiger partial charge in [-0.25, -0.2) is 9.18 Å². The van der Waals surface area contributed by atoms with E-state index >= 15 is 0 Å². The first-order valence-electron chi connectivity index (χ1n) is 10.9. The molecule has 0 spiro atoms. The van der Waals surface area contributed by atoms with E-state index in [0.29, 0.717) is 22.9 Å². The average Bonchev–Trinajstić information content (AvgIpc) is 3.13. The molecule has 0 bridgehead atoms. The van der Waals surface area contributed by atoms with E-state index < -0.39 is 6.09 Å². The lowest BCUT2D eigenvalue weighted by Gasteiger charge is -2.23. The maximum Gasteiger partial charge on any atom is 0.407 e. The molecule has 178 valence electrons. The summed E-state index contributed by atoms with van der Waals surface area (Å²) in [7, 11) is 0. The zero-order valence-electron chi connectivity index (χ0n) is 18.1. The first-order chi connectivity index (χ1) is 16.4. The number of benzene rings is 3. The fourth-order valence-corrected chi connectivity index (χ4v) is 6.19. The van der Waals surface area contributed by atoms with Gasteiger partial charge in [0.2, 0.25) is 0 Å². The van der Waals surface area contributed by atoms with Crippen molar-refractivity contribution in [2.75, 3.05) is 0 Å². The Bertz CT molecular complexity index is 1150. The SMILES string of the molecule is O=C1N[C@@H](Cc2cccc(Br)c2)[C@@H](C[C@H](CCc2ccc(Cl)cc2Cl)Sc2ccc(F)cc2)O1. The van der Waals surface area contributed by atoms with Crippen LogP contribution in [0.3, 0.4) is 0 Å². The number of alkyl carbamates (subject to hydrolysis) is 1. The quantitative estimate of drug-likeness (QED) is 0.259. The lowest BCUT2D eigenvalue weighted by atomic mass is 9.97. The highest BCUT2D eigenvalue weighted by Gasteiger charge is 2.36. The number of halogens is 4. The van der Waals surface area contributed by atoms with Crippen LogP contribution in [0.25, 0.3) is 0 Å². The highest BCUT2D eigenvalue weighted by molar-refractivity contribution is 9.10. The molecule has 0 aliphatic carbocycles. The maximum atomic E-state index is 13.4. The van der Waals surface area contributed by atoms with E-state index in [9.17, 15) is 9.18 Å². The number of rotatable bonds is 9. The Morgan fingerprint density at radius 2 is 1.88 bits per heavy atom. The summed E-state index contributed by atoms with van der Waals surface area (Å²) in [6.07, 6.45) is 2.22. The van der Waals surface area contributed by atoms with Gasteiger partial charge in [-0.3, -0.25) is 0 Å². The molecule has 34 heavy (non-hydrogen) atoms. The van der Waals surface area contributed by atoms with E-state index in [2.05, 4.69) is 27.3 Å². The molecule has 3 aromatic rings. The zero-order valence-corrected chi connectivity index (χ0v) is 22.1. The van der Waals surface area contributed by atoms with Crippen LogP contribution in [0, 0.1) is 5.82 Å². The minimum absolute atomic E-state index is 0.125. The number of amides is 1. The van der Waals surface area contributed by atoms with Crippen LogP contribution in [-0.2, 0) is 17.6 Å². The lowest BCUT2D eigenvalue weighted by Crippen LogP contribution is -2.35. The average molecular weight is 583 g/mol. The number of aryl methyl sites for hydroxylation is 1. The molecule has 0 unspecified atom stereocenters. The number of nitrogens with one attached hydrogen (secondary N) is 1. The van der Waals surface area contributed by atoms with Crippen molar-refractivity contribution in [3.8, 4) is 0 Å². The van der Waals surface area contributed by atoms with Crippen molar-refractivity contribution < 1.29 is 13.9 Å². The normalized spacial score (nSPS) is 18.4. The summed E-state index contributed by atoms with van der Waals surface area (Å²) in [5.41, 5.74) is 2.13. The van der Waals surface area contributed by atoms with Crippen molar-refractivity contribution in [2.45, 2.75) is 48.0 Å². The van der Waals surface area contributed by atoms with Gasteiger partial charge in [-0.2, -0.15) is 0 Å². The van der Waals surface area contributed by atoms with Crippen molar-refractivity contribution in [1.82, 2.24) is 5.32 Å². The third kappa shape index (κ3) is 7.14. The molecule has 3 aromatic carbocycles. The van der Waals surface area contributed by atoms with E-state index in [1.54, 1.807) is 30.0 Å². The predicted molar refractivity (Wildman–Crippen MR) is 140 cm³/mol. The Balaban J connectivity index is 1.49. The monoisotopic (exact) mass is 581 g/mol. The van der Waals surface area contributed by atoms with Crippen LogP contribution in [0.2, 0.25) is 10.0 Å². The number of thioether (sulfide) groups is 1. The molecular formula is C26H23BrCl2FNO2S. The molecule has 0 aromatic heterocycles. The van der Waals surface area contributed by atoms with Gasteiger partial charge < -0.3 is 10.1 Å². The molecule has 1 saturated heterocycles. The molecule has 1 aliphatic heterocycles. The molecule has 0 radical (unpaired) electrons. The van der Waals surface area contributed by atoms with E-state index in [-0.39, 0.29) is 23.2 Å². The van der Waals surface area contributed by atoms with Gasteiger partial charge in [-0.15, -0.1) is 11.8 Å². The number of hydrogen-bond acceptors (Lipinski definition) is 3. The Kier molecular flexibility index (Phi) is 8.81. The van der Waals surface area contributed by atoms with Crippen molar-refractivity contribution >= 4 is 57.0 Å². The van der Waals surface area contributed by atoms with Crippen LogP contribution >= 0.6 is 50.9 Å². The van der Waals surface area contributed by atoms with Crippen LogP contribution in [-0.4, -0.2) is 23.5 Å². The van der Waals surface area contributed by atoms with E-state index in [1.165, 1.54) is 12.1 Å². The molecule has 0 saturated carbocycles. The second-order valence-electron chi connectivity index (χ2n) is 8.23. The molecule has 1 amide bonds. The van der Waals surface area contributed by atoms with Crippen LogP contribution in [0.15, 0.2) is 76.1 Å². The number of ether oxygens (including phenoxy) is 1. The van der Waals surface area contributed by atoms with Gasteiger partial charge in [-0.1, -0.05) is 57.3 Å². The van der Waals surface area contributed by atoms with Gasteiger partial charge in [0.1, 0.15) is 11.9 Å². The maximum absolute atomic E-state index is 13.4. The molecular weight excluding hydrogens is 560 g/mol. The summed E-state index contributed by atoms with van der Waals surface area (Å²) >= 11 is 17.6. The molecule has 3 nitrogen and oxygen atoms in total. The third-order valence-electron chi connectivity index (χ3n) is 5.72. The minimum atomic E-state index is -0.392. The van der Waals surface area contributed by atoms with Crippen LogP contribution in [0.1, 0.15) is 24.0 Å². The third-order valence-corrected chi connectivity index (χ3v) is 8.10.